The Morgan fingerprint density at radius 1 is 1.32 bits per heavy atom. The smallest absolute Gasteiger partial charge is 0.222 e. The first-order chi connectivity index (χ1) is 10.7. The molecule has 1 aliphatic rings. The number of benzene rings is 1. The van der Waals surface area contributed by atoms with Crippen LogP contribution in [0.5, 0.6) is 0 Å². The van der Waals surface area contributed by atoms with E-state index in [0.29, 0.717) is 5.82 Å². The van der Waals surface area contributed by atoms with Gasteiger partial charge in [-0.3, -0.25) is 4.79 Å². The van der Waals surface area contributed by atoms with Crippen LogP contribution in [-0.2, 0) is 16.0 Å². The number of hydrogen-bond donors (Lipinski definition) is 1. The van der Waals surface area contributed by atoms with Crippen LogP contribution in [0.3, 0.4) is 0 Å². The van der Waals surface area contributed by atoms with Crippen LogP contribution in [0.1, 0.15) is 17.4 Å². The van der Waals surface area contributed by atoms with Gasteiger partial charge in [-0.2, -0.15) is 0 Å². The molecular weight excluding hydrogens is 298 g/mol. The maximum Gasteiger partial charge on any atom is 0.222 e. The fraction of sp³-hybridized carbons (Fsp3) is 0.375. The summed E-state index contributed by atoms with van der Waals surface area (Å²) in [7, 11) is 0. The van der Waals surface area contributed by atoms with Crippen molar-refractivity contribution in [2.75, 3.05) is 36.5 Å². The second-order valence-electron chi connectivity index (χ2n) is 5.21. The number of nitrogens with zero attached hydrogens (tertiary/aromatic N) is 2. The summed E-state index contributed by atoms with van der Waals surface area (Å²) in [5.74, 6) is 0.594. The first-order valence-electron chi connectivity index (χ1n) is 7.36. The van der Waals surface area contributed by atoms with E-state index in [1.165, 1.54) is 12.5 Å². The Kier molecular flexibility index (Phi) is 4.70. The molecule has 116 valence electrons. The normalized spacial score (nSPS) is 14.9. The van der Waals surface area contributed by atoms with Gasteiger partial charge < -0.3 is 15.0 Å². The van der Waals surface area contributed by atoms with Crippen molar-refractivity contribution in [3.05, 3.63) is 40.8 Å². The predicted molar refractivity (Wildman–Crippen MR) is 88.7 cm³/mol. The van der Waals surface area contributed by atoms with Gasteiger partial charge in [0, 0.05) is 26.4 Å². The van der Waals surface area contributed by atoms with Gasteiger partial charge in [-0.1, -0.05) is 41.7 Å². The Labute approximate surface area is 133 Å². The highest BCUT2D eigenvalue weighted by Crippen LogP contribution is 2.32. The molecule has 0 bridgehead atoms. The highest BCUT2D eigenvalue weighted by atomic mass is 32.1. The molecule has 0 aliphatic carbocycles. The van der Waals surface area contributed by atoms with E-state index < -0.39 is 0 Å². The second kappa shape index (κ2) is 6.89. The zero-order chi connectivity index (χ0) is 15.4. The molecule has 1 aromatic carbocycles. The van der Waals surface area contributed by atoms with Crippen molar-refractivity contribution >= 4 is 28.2 Å². The van der Waals surface area contributed by atoms with Crippen LogP contribution >= 0.6 is 11.3 Å². The third-order valence-electron chi connectivity index (χ3n) is 3.47. The number of carbonyl (C=O) groups is 1. The minimum absolute atomic E-state index is 0.0897. The molecule has 5 nitrogen and oxygen atoms in total. The fourth-order valence-electron chi connectivity index (χ4n) is 2.39. The van der Waals surface area contributed by atoms with Crippen molar-refractivity contribution in [3.63, 3.8) is 0 Å². The number of carbonyl (C=O) groups excluding carboxylic acids is 1. The van der Waals surface area contributed by atoms with Crippen molar-refractivity contribution in [3.8, 4) is 0 Å². The lowest BCUT2D eigenvalue weighted by Gasteiger charge is -2.25. The second-order valence-corrected chi connectivity index (χ2v) is 6.27. The van der Waals surface area contributed by atoms with Gasteiger partial charge in [-0.05, 0) is 5.56 Å². The van der Waals surface area contributed by atoms with Gasteiger partial charge in [-0.15, -0.1) is 0 Å². The minimum atomic E-state index is -0.0897. The predicted octanol–water partition coefficient (Wildman–Crippen LogP) is 2.53. The van der Waals surface area contributed by atoms with Gasteiger partial charge >= 0.3 is 0 Å². The van der Waals surface area contributed by atoms with Gasteiger partial charge in [0.1, 0.15) is 5.82 Å². The maximum absolute atomic E-state index is 11.4. The Morgan fingerprint density at radius 3 is 2.73 bits per heavy atom. The summed E-state index contributed by atoms with van der Waals surface area (Å²) in [6, 6.07) is 10.2. The monoisotopic (exact) mass is 317 g/mol. The zero-order valence-corrected chi connectivity index (χ0v) is 13.4. The summed E-state index contributed by atoms with van der Waals surface area (Å²) in [6.45, 7) is 4.65. The molecule has 2 aromatic rings. The van der Waals surface area contributed by atoms with Gasteiger partial charge in [0.15, 0.2) is 5.13 Å². The Morgan fingerprint density at radius 2 is 2.05 bits per heavy atom. The first kappa shape index (κ1) is 15.0. The van der Waals surface area contributed by atoms with Gasteiger partial charge in [0.2, 0.25) is 5.91 Å². The Hall–Kier alpha value is -1.92. The molecule has 0 saturated carbocycles. The molecule has 2 heterocycles. The molecule has 3 rings (SSSR count). The molecule has 1 aromatic heterocycles. The standard InChI is InChI=1S/C16H19N3O2S/c1-12(20)17-15-14(11-13-5-3-2-4-6-13)22-16(18-15)19-7-9-21-10-8-19/h2-6H,7-11H2,1H3,(H,17,20). The molecule has 0 spiro atoms. The number of hydrogen-bond acceptors (Lipinski definition) is 5. The number of anilines is 2. The molecule has 1 aliphatic heterocycles. The van der Waals surface area contributed by atoms with Crippen LogP contribution in [0.2, 0.25) is 0 Å². The molecule has 1 amide bonds. The van der Waals surface area contributed by atoms with Crippen molar-refractivity contribution < 1.29 is 9.53 Å². The highest BCUT2D eigenvalue weighted by molar-refractivity contribution is 7.16. The molecule has 0 radical (unpaired) electrons. The molecule has 6 heteroatoms. The number of aromatic nitrogens is 1. The number of rotatable bonds is 4. The van der Waals surface area contributed by atoms with Crippen molar-refractivity contribution in [1.82, 2.24) is 4.98 Å². The number of morpholine rings is 1. The zero-order valence-electron chi connectivity index (χ0n) is 12.5. The van der Waals surface area contributed by atoms with Gasteiger partial charge in [0.05, 0.1) is 18.1 Å². The van der Waals surface area contributed by atoms with E-state index >= 15 is 0 Å². The van der Waals surface area contributed by atoms with E-state index in [1.807, 2.05) is 18.2 Å². The summed E-state index contributed by atoms with van der Waals surface area (Å²) in [5.41, 5.74) is 1.21. The molecule has 0 atom stereocenters. The lowest BCUT2D eigenvalue weighted by atomic mass is 10.1. The Balaban J connectivity index is 1.85. The van der Waals surface area contributed by atoms with Gasteiger partial charge in [-0.25, -0.2) is 4.98 Å². The third-order valence-corrected chi connectivity index (χ3v) is 4.59. The number of thiazole rings is 1. The van der Waals surface area contributed by atoms with Crippen LogP contribution in [0.25, 0.3) is 0 Å². The molecule has 0 unspecified atom stereocenters. The van der Waals surface area contributed by atoms with Crippen LogP contribution in [0.15, 0.2) is 30.3 Å². The fourth-order valence-corrected chi connectivity index (χ4v) is 3.50. The molecule has 1 saturated heterocycles. The average Bonchev–Trinajstić information content (AvgIpc) is 2.91. The van der Waals surface area contributed by atoms with Crippen LogP contribution < -0.4 is 10.2 Å². The number of nitrogens with one attached hydrogen (secondary N) is 1. The molecular formula is C16H19N3O2S. The van der Waals surface area contributed by atoms with E-state index in [-0.39, 0.29) is 5.91 Å². The summed E-state index contributed by atoms with van der Waals surface area (Å²) in [6.07, 6.45) is 0.776. The SMILES string of the molecule is CC(=O)Nc1nc(N2CCOCC2)sc1Cc1ccccc1. The average molecular weight is 317 g/mol. The Bertz CT molecular complexity index is 636. The lowest BCUT2D eigenvalue weighted by Crippen LogP contribution is -2.36. The van der Waals surface area contributed by atoms with Crippen molar-refractivity contribution in [1.29, 1.82) is 0 Å². The maximum atomic E-state index is 11.4. The van der Waals surface area contributed by atoms with E-state index in [2.05, 4.69) is 27.3 Å². The van der Waals surface area contributed by atoms with E-state index in [1.54, 1.807) is 11.3 Å². The topological polar surface area (TPSA) is 54.5 Å². The largest absolute Gasteiger partial charge is 0.378 e. The van der Waals surface area contributed by atoms with Crippen molar-refractivity contribution in [2.45, 2.75) is 13.3 Å². The first-order valence-corrected chi connectivity index (χ1v) is 8.18. The molecule has 1 N–H and O–H groups in total. The summed E-state index contributed by atoms with van der Waals surface area (Å²) < 4.78 is 5.38. The van der Waals surface area contributed by atoms with Crippen LogP contribution in [0.4, 0.5) is 10.9 Å². The quantitative estimate of drug-likeness (QED) is 0.941. The lowest BCUT2D eigenvalue weighted by molar-refractivity contribution is -0.114. The summed E-state index contributed by atoms with van der Waals surface area (Å²) in [5, 5.41) is 3.81. The van der Waals surface area contributed by atoms with Crippen LogP contribution in [-0.4, -0.2) is 37.2 Å². The summed E-state index contributed by atoms with van der Waals surface area (Å²) in [4.78, 5) is 19.4. The van der Waals surface area contributed by atoms with Crippen LogP contribution in [0, 0.1) is 0 Å². The van der Waals surface area contributed by atoms with Crippen molar-refractivity contribution in [2.24, 2.45) is 0 Å². The number of amides is 1. The van der Waals surface area contributed by atoms with E-state index in [4.69, 9.17) is 4.74 Å². The van der Waals surface area contributed by atoms with Gasteiger partial charge in [0.25, 0.3) is 0 Å². The molecule has 1 fully saturated rings. The minimum Gasteiger partial charge on any atom is -0.378 e. The highest BCUT2D eigenvalue weighted by Gasteiger charge is 2.19. The number of ether oxygens (including phenoxy) is 1. The van der Waals surface area contributed by atoms with E-state index in [0.717, 1.165) is 42.7 Å². The summed E-state index contributed by atoms with van der Waals surface area (Å²) >= 11 is 1.65. The molecule has 22 heavy (non-hydrogen) atoms. The van der Waals surface area contributed by atoms with E-state index in [9.17, 15) is 4.79 Å². The third kappa shape index (κ3) is 3.64.